The fraction of sp³-hybridized carbons (Fsp3) is 0.625. The monoisotopic (exact) mass is 323 g/mol. The van der Waals surface area contributed by atoms with E-state index < -0.39 is 0 Å². The molecule has 0 aromatic carbocycles. The lowest BCUT2D eigenvalue weighted by molar-refractivity contribution is 0.238. The molecular formula is C16H22ClN3S. The maximum Gasteiger partial charge on any atom is 0.138 e. The zero-order valence-corrected chi connectivity index (χ0v) is 14.3. The SMILES string of the molecule is Cc1sc2ncnc(NCC3(CCl)CCCCC3)c2c1C. The van der Waals surface area contributed by atoms with Gasteiger partial charge < -0.3 is 5.32 Å². The van der Waals surface area contributed by atoms with Gasteiger partial charge in [0.2, 0.25) is 0 Å². The molecule has 3 nitrogen and oxygen atoms in total. The first kappa shape index (κ1) is 15.0. The van der Waals surface area contributed by atoms with Crippen LogP contribution in [0.4, 0.5) is 5.82 Å². The van der Waals surface area contributed by atoms with Crippen LogP contribution in [-0.4, -0.2) is 22.4 Å². The van der Waals surface area contributed by atoms with Crippen molar-refractivity contribution in [1.82, 2.24) is 9.97 Å². The molecule has 2 heterocycles. The number of alkyl halides is 1. The van der Waals surface area contributed by atoms with Gasteiger partial charge in [-0.1, -0.05) is 19.3 Å². The van der Waals surface area contributed by atoms with Crippen LogP contribution < -0.4 is 5.32 Å². The standard InChI is InChI=1S/C16H22ClN3S/c1-11-12(2)21-15-13(11)14(19-10-20-15)18-9-16(8-17)6-4-3-5-7-16/h10H,3-9H2,1-2H3,(H,18,19,20). The minimum atomic E-state index is 0.232. The van der Waals surface area contributed by atoms with E-state index >= 15 is 0 Å². The summed E-state index contributed by atoms with van der Waals surface area (Å²) in [5, 5.41) is 4.76. The number of aromatic nitrogens is 2. The fourth-order valence-corrected chi connectivity index (χ4v) is 4.61. The van der Waals surface area contributed by atoms with Crippen molar-refractivity contribution in [2.45, 2.75) is 46.0 Å². The summed E-state index contributed by atoms with van der Waals surface area (Å²) in [6.45, 7) is 5.21. The Kier molecular flexibility index (Phi) is 4.36. The van der Waals surface area contributed by atoms with Gasteiger partial charge in [0.15, 0.2) is 0 Å². The van der Waals surface area contributed by atoms with Gasteiger partial charge in [0, 0.05) is 22.7 Å². The lowest BCUT2D eigenvalue weighted by atomic mass is 9.75. The highest BCUT2D eigenvalue weighted by Gasteiger charge is 2.31. The molecule has 1 aliphatic rings. The van der Waals surface area contributed by atoms with Crippen LogP contribution in [0, 0.1) is 19.3 Å². The van der Waals surface area contributed by atoms with Crippen LogP contribution in [0.3, 0.4) is 0 Å². The van der Waals surface area contributed by atoms with E-state index in [0.717, 1.165) is 23.1 Å². The van der Waals surface area contributed by atoms with Crippen molar-refractivity contribution in [2.24, 2.45) is 5.41 Å². The molecule has 114 valence electrons. The number of anilines is 1. The molecular weight excluding hydrogens is 302 g/mol. The second kappa shape index (κ2) is 6.09. The zero-order chi connectivity index (χ0) is 14.9. The molecule has 0 unspecified atom stereocenters. The van der Waals surface area contributed by atoms with E-state index in [1.54, 1.807) is 17.7 Å². The summed E-state index contributed by atoms with van der Waals surface area (Å²) >= 11 is 8.03. The molecule has 1 saturated carbocycles. The highest BCUT2D eigenvalue weighted by atomic mass is 35.5. The third kappa shape index (κ3) is 2.88. The number of thiophene rings is 1. The van der Waals surface area contributed by atoms with Crippen molar-refractivity contribution >= 4 is 39.0 Å². The number of nitrogens with one attached hydrogen (secondary N) is 1. The van der Waals surface area contributed by atoms with Crippen molar-refractivity contribution in [2.75, 3.05) is 17.7 Å². The molecule has 1 fully saturated rings. The topological polar surface area (TPSA) is 37.8 Å². The normalized spacial score (nSPS) is 18.0. The molecule has 0 atom stereocenters. The molecule has 0 bridgehead atoms. The van der Waals surface area contributed by atoms with Crippen LogP contribution in [0.5, 0.6) is 0 Å². The molecule has 21 heavy (non-hydrogen) atoms. The number of hydrogen-bond acceptors (Lipinski definition) is 4. The van der Waals surface area contributed by atoms with Gasteiger partial charge >= 0.3 is 0 Å². The third-order valence-corrected chi connectivity index (χ3v) is 6.48. The predicted octanol–water partition coefficient (Wildman–Crippen LogP) is 4.91. The summed E-state index contributed by atoms with van der Waals surface area (Å²) < 4.78 is 0. The average Bonchev–Trinajstić information content (AvgIpc) is 2.82. The van der Waals surface area contributed by atoms with Gasteiger partial charge in [0.05, 0.1) is 5.39 Å². The smallest absolute Gasteiger partial charge is 0.138 e. The molecule has 0 saturated heterocycles. The number of aryl methyl sites for hydroxylation is 2. The van der Waals surface area contributed by atoms with Gasteiger partial charge in [-0.3, -0.25) is 0 Å². The van der Waals surface area contributed by atoms with Crippen molar-refractivity contribution in [3.63, 3.8) is 0 Å². The highest BCUT2D eigenvalue weighted by molar-refractivity contribution is 7.18. The van der Waals surface area contributed by atoms with E-state index in [1.807, 2.05) is 0 Å². The molecule has 2 aromatic heterocycles. The van der Waals surface area contributed by atoms with Crippen LogP contribution in [0.15, 0.2) is 6.33 Å². The first-order valence-electron chi connectivity index (χ1n) is 7.66. The molecule has 0 spiro atoms. The molecule has 0 amide bonds. The average molecular weight is 324 g/mol. The molecule has 1 aliphatic carbocycles. The highest BCUT2D eigenvalue weighted by Crippen LogP contribution is 2.38. The molecule has 3 rings (SSSR count). The second-order valence-corrected chi connectivity index (χ2v) is 7.70. The van der Waals surface area contributed by atoms with E-state index in [9.17, 15) is 0 Å². The summed E-state index contributed by atoms with van der Waals surface area (Å²) in [4.78, 5) is 11.3. The van der Waals surface area contributed by atoms with Crippen LogP contribution in [-0.2, 0) is 0 Å². The molecule has 1 N–H and O–H groups in total. The summed E-state index contributed by atoms with van der Waals surface area (Å²) in [6.07, 6.45) is 8.04. The maximum absolute atomic E-state index is 6.29. The van der Waals surface area contributed by atoms with Crippen molar-refractivity contribution in [3.8, 4) is 0 Å². The number of rotatable bonds is 4. The first-order chi connectivity index (χ1) is 10.2. The maximum atomic E-state index is 6.29. The van der Waals surface area contributed by atoms with E-state index in [1.165, 1.54) is 47.9 Å². The summed E-state index contributed by atoms with van der Waals surface area (Å²) in [7, 11) is 0. The van der Waals surface area contributed by atoms with Crippen LogP contribution >= 0.6 is 22.9 Å². The Morgan fingerprint density at radius 3 is 2.71 bits per heavy atom. The van der Waals surface area contributed by atoms with Gasteiger partial charge in [-0.15, -0.1) is 22.9 Å². The summed E-state index contributed by atoms with van der Waals surface area (Å²) in [6, 6.07) is 0. The Morgan fingerprint density at radius 1 is 1.24 bits per heavy atom. The van der Waals surface area contributed by atoms with Gasteiger partial charge in [-0.05, 0) is 32.3 Å². The van der Waals surface area contributed by atoms with Gasteiger partial charge in [0.1, 0.15) is 17.0 Å². The van der Waals surface area contributed by atoms with E-state index in [0.29, 0.717) is 0 Å². The van der Waals surface area contributed by atoms with E-state index in [-0.39, 0.29) is 5.41 Å². The Bertz CT molecular complexity index is 632. The Labute approximate surface area is 135 Å². The van der Waals surface area contributed by atoms with Crippen molar-refractivity contribution in [1.29, 1.82) is 0 Å². The van der Waals surface area contributed by atoms with Gasteiger partial charge in [-0.25, -0.2) is 9.97 Å². The largest absolute Gasteiger partial charge is 0.369 e. The van der Waals surface area contributed by atoms with Gasteiger partial charge in [0.25, 0.3) is 0 Å². The fourth-order valence-electron chi connectivity index (χ4n) is 3.25. The quantitative estimate of drug-likeness (QED) is 0.812. The zero-order valence-electron chi connectivity index (χ0n) is 12.7. The minimum absolute atomic E-state index is 0.232. The first-order valence-corrected chi connectivity index (χ1v) is 9.01. The molecule has 0 aliphatic heterocycles. The summed E-state index contributed by atoms with van der Waals surface area (Å²) in [5.74, 6) is 1.70. The molecule has 5 heteroatoms. The minimum Gasteiger partial charge on any atom is -0.369 e. The Balaban J connectivity index is 1.85. The summed E-state index contributed by atoms with van der Waals surface area (Å²) in [5.41, 5.74) is 1.53. The second-order valence-electron chi connectivity index (χ2n) is 6.23. The molecule has 2 aromatic rings. The van der Waals surface area contributed by atoms with Crippen molar-refractivity contribution in [3.05, 3.63) is 16.8 Å². The molecule has 0 radical (unpaired) electrons. The number of nitrogens with zero attached hydrogens (tertiary/aromatic N) is 2. The van der Waals surface area contributed by atoms with E-state index in [2.05, 4.69) is 29.1 Å². The Morgan fingerprint density at radius 2 is 2.00 bits per heavy atom. The predicted molar refractivity (Wildman–Crippen MR) is 91.6 cm³/mol. The van der Waals surface area contributed by atoms with Crippen LogP contribution in [0.2, 0.25) is 0 Å². The Hall–Kier alpha value is -0.870. The van der Waals surface area contributed by atoms with Gasteiger partial charge in [-0.2, -0.15) is 0 Å². The van der Waals surface area contributed by atoms with Crippen LogP contribution in [0.25, 0.3) is 10.2 Å². The lowest BCUT2D eigenvalue weighted by Crippen LogP contribution is -2.34. The van der Waals surface area contributed by atoms with Crippen LogP contribution in [0.1, 0.15) is 42.5 Å². The number of hydrogen-bond donors (Lipinski definition) is 1. The van der Waals surface area contributed by atoms with E-state index in [4.69, 9.17) is 11.6 Å². The number of fused-ring (bicyclic) bond motifs is 1. The van der Waals surface area contributed by atoms with Crippen molar-refractivity contribution < 1.29 is 0 Å². The lowest BCUT2D eigenvalue weighted by Gasteiger charge is -2.35. The number of halogens is 1. The third-order valence-electron chi connectivity index (χ3n) is 4.79.